The summed E-state index contributed by atoms with van der Waals surface area (Å²) in [6.45, 7) is 0.608. The fourth-order valence-electron chi connectivity index (χ4n) is 1.73. The second kappa shape index (κ2) is 7.28. The quantitative estimate of drug-likeness (QED) is 0.652. The Labute approximate surface area is 130 Å². The lowest BCUT2D eigenvalue weighted by Crippen LogP contribution is -2.15. The minimum Gasteiger partial charge on any atom is -0.481 e. The normalized spacial score (nSPS) is 10.5. The summed E-state index contributed by atoms with van der Waals surface area (Å²) in [6.07, 6.45) is 2.37. The van der Waals surface area contributed by atoms with E-state index in [2.05, 4.69) is 4.98 Å². The van der Waals surface area contributed by atoms with E-state index in [1.54, 1.807) is 10.8 Å². The summed E-state index contributed by atoms with van der Waals surface area (Å²) in [7, 11) is 0. The molecule has 0 amide bonds. The molecule has 0 saturated carbocycles. The highest BCUT2D eigenvalue weighted by Crippen LogP contribution is 2.15. The molecule has 7 heteroatoms. The Morgan fingerprint density at radius 2 is 2.00 bits per heavy atom. The smallest absolute Gasteiger partial charge is 0.313 e. The van der Waals surface area contributed by atoms with Gasteiger partial charge in [0.15, 0.2) is 5.16 Å². The summed E-state index contributed by atoms with van der Waals surface area (Å²) in [5, 5.41) is 9.82. The minimum atomic E-state index is -0.942. The van der Waals surface area contributed by atoms with Crippen LogP contribution in [0, 0.1) is 0 Å². The van der Waals surface area contributed by atoms with Crippen molar-refractivity contribution in [1.29, 1.82) is 0 Å². The molecule has 0 bridgehead atoms. The SMILES string of the molecule is O=C(O)CSc1nc(=O)ccn1CCc1ccc(Cl)cc1. The number of carboxylic acids is 1. The van der Waals surface area contributed by atoms with Crippen molar-refractivity contribution in [2.45, 2.75) is 18.1 Å². The second-order valence-electron chi connectivity index (χ2n) is 4.30. The van der Waals surface area contributed by atoms with E-state index in [1.807, 2.05) is 24.3 Å². The topological polar surface area (TPSA) is 72.2 Å². The highest BCUT2D eigenvalue weighted by molar-refractivity contribution is 7.99. The summed E-state index contributed by atoms with van der Waals surface area (Å²) in [6, 6.07) is 8.87. The lowest BCUT2D eigenvalue weighted by Gasteiger charge is -2.10. The highest BCUT2D eigenvalue weighted by atomic mass is 35.5. The molecular formula is C14H13ClN2O3S. The Morgan fingerprint density at radius 1 is 1.29 bits per heavy atom. The number of nitrogens with zero attached hydrogens (tertiary/aromatic N) is 2. The predicted molar refractivity (Wildman–Crippen MR) is 82.0 cm³/mol. The van der Waals surface area contributed by atoms with Gasteiger partial charge < -0.3 is 9.67 Å². The van der Waals surface area contributed by atoms with E-state index in [0.29, 0.717) is 16.7 Å². The zero-order chi connectivity index (χ0) is 15.2. The molecule has 0 aliphatic carbocycles. The van der Waals surface area contributed by atoms with Crippen LogP contribution in [0.25, 0.3) is 0 Å². The number of hydrogen-bond acceptors (Lipinski definition) is 4. The van der Waals surface area contributed by atoms with Gasteiger partial charge in [-0.2, -0.15) is 4.98 Å². The third-order valence-electron chi connectivity index (χ3n) is 2.73. The Balaban J connectivity index is 2.09. The van der Waals surface area contributed by atoms with Crippen molar-refractivity contribution >= 4 is 29.3 Å². The maximum atomic E-state index is 11.3. The van der Waals surface area contributed by atoms with Gasteiger partial charge in [0.2, 0.25) is 0 Å². The molecule has 0 saturated heterocycles. The van der Waals surface area contributed by atoms with Crippen LogP contribution in [-0.2, 0) is 17.8 Å². The second-order valence-corrected chi connectivity index (χ2v) is 5.68. The van der Waals surface area contributed by atoms with Crippen LogP contribution in [-0.4, -0.2) is 26.4 Å². The first kappa shape index (κ1) is 15.6. The lowest BCUT2D eigenvalue weighted by atomic mass is 10.1. The number of halogens is 1. The lowest BCUT2D eigenvalue weighted by molar-refractivity contribution is -0.133. The van der Waals surface area contributed by atoms with Gasteiger partial charge >= 0.3 is 5.97 Å². The molecule has 1 aromatic carbocycles. The third-order valence-corrected chi connectivity index (χ3v) is 3.96. The highest BCUT2D eigenvalue weighted by Gasteiger charge is 2.07. The first-order chi connectivity index (χ1) is 10.0. The van der Waals surface area contributed by atoms with Gasteiger partial charge in [0.25, 0.3) is 5.56 Å². The van der Waals surface area contributed by atoms with Crippen molar-refractivity contribution in [3.05, 3.63) is 57.5 Å². The summed E-state index contributed by atoms with van der Waals surface area (Å²) >= 11 is 6.87. The largest absolute Gasteiger partial charge is 0.481 e. The molecule has 0 spiro atoms. The molecule has 5 nitrogen and oxygen atoms in total. The maximum absolute atomic E-state index is 11.3. The van der Waals surface area contributed by atoms with Crippen molar-refractivity contribution in [1.82, 2.24) is 9.55 Å². The summed E-state index contributed by atoms with van der Waals surface area (Å²) in [5.41, 5.74) is 0.734. The van der Waals surface area contributed by atoms with Crippen molar-refractivity contribution in [3.63, 3.8) is 0 Å². The Morgan fingerprint density at radius 3 is 2.67 bits per heavy atom. The fraction of sp³-hybridized carbons (Fsp3) is 0.214. The van der Waals surface area contributed by atoms with Crippen molar-refractivity contribution in [2.75, 3.05) is 5.75 Å². The zero-order valence-electron chi connectivity index (χ0n) is 11.0. The van der Waals surface area contributed by atoms with Crippen LogP contribution >= 0.6 is 23.4 Å². The average molecular weight is 325 g/mol. The summed E-state index contributed by atoms with van der Waals surface area (Å²) < 4.78 is 1.78. The van der Waals surface area contributed by atoms with E-state index in [4.69, 9.17) is 16.7 Å². The standard InChI is InChI=1S/C14H13ClN2O3S/c15-11-3-1-10(2-4-11)5-7-17-8-6-12(18)16-14(17)21-9-13(19)20/h1-4,6,8H,5,7,9H2,(H,19,20). The first-order valence-corrected chi connectivity index (χ1v) is 7.57. The van der Waals surface area contributed by atoms with Crippen LogP contribution in [0.3, 0.4) is 0 Å². The van der Waals surface area contributed by atoms with E-state index in [9.17, 15) is 9.59 Å². The Kier molecular flexibility index (Phi) is 5.41. The number of thioether (sulfide) groups is 1. The van der Waals surface area contributed by atoms with Crippen molar-refractivity contribution < 1.29 is 9.90 Å². The summed E-state index contributed by atoms with van der Waals surface area (Å²) in [5.74, 6) is -1.07. The molecule has 0 aliphatic rings. The molecular weight excluding hydrogens is 312 g/mol. The molecule has 1 N–H and O–H groups in total. The zero-order valence-corrected chi connectivity index (χ0v) is 12.6. The molecule has 0 unspecified atom stereocenters. The van der Waals surface area contributed by atoms with E-state index >= 15 is 0 Å². The van der Waals surface area contributed by atoms with Gasteiger partial charge in [-0.3, -0.25) is 9.59 Å². The van der Waals surface area contributed by atoms with Crippen LogP contribution < -0.4 is 5.56 Å². The van der Waals surface area contributed by atoms with Crippen LogP contribution in [0.4, 0.5) is 0 Å². The van der Waals surface area contributed by atoms with Crippen molar-refractivity contribution in [2.24, 2.45) is 0 Å². The third kappa shape index (κ3) is 4.91. The number of aromatic nitrogens is 2. The number of benzene rings is 1. The molecule has 2 rings (SSSR count). The van der Waals surface area contributed by atoms with Gasteiger partial charge in [-0.1, -0.05) is 35.5 Å². The van der Waals surface area contributed by atoms with Gasteiger partial charge in [0.05, 0.1) is 5.75 Å². The van der Waals surface area contributed by atoms with E-state index < -0.39 is 5.97 Å². The van der Waals surface area contributed by atoms with Crippen molar-refractivity contribution in [3.8, 4) is 0 Å². The van der Waals surface area contributed by atoms with Crippen LogP contribution in [0.1, 0.15) is 5.56 Å². The van der Waals surface area contributed by atoms with Gasteiger partial charge in [-0.05, 0) is 24.1 Å². The molecule has 1 heterocycles. The van der Waals surface area contributed by atoms with Crippen LogP contribution in [0.5, 0.6) is 0 Å². The molecule has 2 aromatic rings. The Bertz CT molecular complexity index is 685. The summed E-state index contributed by atoms with van der Waals surface area (Å²) in [4.78, 5) is 25.8. The first-order valence-electron chi connectivity index (χ1n) is 6.21. The minimum absolute atomic E-state index is 0.128. The Hall–Kier alpha value is -1.79. The van der Waals surface area contributed by atoms with Gasteiger partial charge in [0.1, 0.15) is 0 Å². The van der Waals surface area contributed by atoms with E-state index in [0.717, 1.165) is 23.7 Å². The molecule has 1 aromatic heterocycles. The number of rotatable bonds is 6. The molecule has 21 heavy (non-hydrogen) atoms. The molecule has 0 aliphatic heterocycles. The molecule has 110 valence electrons. The maximum Gasteiger partial charge on any atom is 0.313 e. The molecule has 0 radical (unpaired) electrons. The average Bonchev–Trinajstić information content (AvgIpc) is 2.45. The monoisotopic (exact) mass is 324 g/mol. The number of aliphatic carboxylic acids is 1. The number of carboxylic acid groups (broad SMARTS) is 1. The van der Waals surface area contributed by atoms with E-state index in [1.165, 1.54) is 6.07 Å². The predicted octanol–water partition coefficient (Wildman–Crippen LogP) is 2.32. The number of aryl methyl sites for hydroxylation is 2. The van der Waals surface area contributed by atoms with Gasteiger partial charge in [-0.15, -0.1) is 0 Å². The van der Waals surface area contributed by atoms with Gasteiger partial charge in [-0.25, -0.2) is 0 Å². The molecule has 0 fully saturated rings. The van der Waals surface area contributed by atoms with E-state index in [-0.39, 0.29) is 11.3 Å². The number of hydrogen-bond donors (Lipinski definition) is 1. The van der Waals surface area contributed by atoms with Crippen LogP contribution in [0.2, 0.25) is 5.02 Å². The number of carbonyl (C=O) groups is 1. The fourth-order valence-corrected chi connectivity index (χ4v) is 2.58. The molecule has 0 atom stereocenters. The van der Waals surface area contributed by atoms with Gasteiger partial charge in [0, 0.05) is 23.8 Å². The van der Waals surface area contributed by atoms with Crippen LogP contribution in [0.15, 0.2) is 46.5 Å².